The Morgan fingerprint density at radius 2 is 1.41 bits per heavy atom. The van der Waals surface area contributed by atoms with E-state index in [4.69, 9.17) is 0 Å². The zero-order valence-electron chi connectivity index (χ0n) is 20.6. The minimum Gasteiger partial charge on any atom is -0.478 e. The third kappa shape index (κ3) is 4.86. The van der Waals surface area contributed by atoms with E-state index in [1.54, 1.807) is 18.5 Å². The highest BCUT2D eigenvalue weighted by molar-refractivity contribution is 5.90. The quantitative estimate of drug-likeness (QED) is 0.417. The molecular weight excluding hydrogens is 420 g/mol. The van der Waals surface area contributed by atoms with Crippen LogP contribution in [0.25, 0.3) is 24.3 Å². The lowest BCUT2D eigenvalue weighted by Gasteiger charge is -2.42. The Morgan fingerprint density at radius 3 is 1.94 bits per heavy atom. The molecule has 0 aliphatic heterocycles. The molecule has 0 saturated heterocycles. The van der Waals surface area contributed by atoms with Crippen molar-refractivity contribution in [3.8, 4) is 0 Å². The van der Waals surface area contributed by atoms with Crippen LogP contribution in [0.3, 0.4) is 0 Å². The number of benzene rings is 2. The topological polar surface area (TPSA) is 63.1 Å². The van der Waals surface area contributed by atoms with Crippen molar-refractivity contribution in [3.63, 3.8) is 0 Å². The molecule has 0 fully saturated rings. The van der Waals surface area contributed by atoms with Gasteiger partial charge in [0.05, 0.1) is 5.56 Å². The second-order valence-electron chi connectivity index (χ2n) is 10.4. The van der Waals surface area contributed by atoms with Gasteiger partial charge < -0.3 is 5.11 Å². The number of hydrogen-bond acceptors (Lipinski definition) is 3. The summed E-state index contributed by atoms with van der Waals surface area (Å²) in [5, 5.41) is 9.32. The van der Waals surface area contributed by atoms with E-state index < -0.39 is 5.97 Å². The lowest BCUT2D eigenvalue weighted by Crippen LogP contribution is -2.34. The number of carboxylic acids is 1. The molecule has 1 heterocycles. The van der Waals surface area contributed by atoms with Crippen LogP contribution in [0.5, 0.6) is 0 Å². The van der Waals surface area contributed by atoms with Crippen molar-refractivity contribution in [1.82, 2.24) is 9.97 Å². The molecule has 0 saturated carbocycles. The number of carbonyl (C=O) groups is 1. The summed E-state index contributed by atoms with van der Waals surface area (Å²) in [4.78, 5) is 20.0. The Kier molecular flexibility index (Phi) is 6.26. The summed E-state index contributed by atoms with van der Waals surface area (Å²) in [6, 6.07) is 11.9. The third-order valence-electron chi connectivity index (χ3n) is 6.99. The fraction of sp³-hybridized carbons (Fsp3) is 0.300. The molecule has 1 aromatic heterocycles. The van der Waals surface area contributed by atoms with Crippen LogP contribution in [-0.4, -0.2) is 21.0 Å². The summed E-state index contributed by atoms with van der Waals surface area (Å²) >= 11 is 0. The molecule has 174 valence electrons. The van der Waals surface area contributed by atoms with E-state index in [1.807, 2.05) is 31.2 Å². The van der Waals surface area contributed by atoms with E-state index in [9.17, 15) is 9.90 Å². The van der Waals surface area contributed by atoms with Crippen molar-refractivity contribution in [3.05, 3.63) is 93.6 Å². The maximum atomic E-state index is 11.4. The highest BCUT2D eigenvalue weighted by Crippen LogP contribution is 2.47. The van der Waals surface area contributed by atoms with Gasteiger partial charge in [0.2, 0.25) is 0 Å². The van der Waals surface area contributed by atoms with Crippen molar-refractivity contribution in [2.75, 3.05) is 0 Å². The van der Waals surface area contributed by atoms with Gasteiger partial charge in [-0.15, -0.1) is 0 Å². The lowest BCUT2D eigenvalue weighted by molar-refractivity contribution is 0.0696. The molecule has 1 aliphatic rings. The first kappa shape index (κ1) is 23.6. The van der Waals surface area contributed by atoms with Crippen LogP contribution < -0.4 is 0 Å². The van der Waals surface area contributed by atoms with Crippen molar-refractivity contribution < 1.29 is 9.90 Å². The zero-order chi connectivity index (χ0) is 24.5. The predicted molar refractivity (Wildman–Crippen MR) is 140 cm³/mol. The van der Waals surface area contributed by atoms with Crippen LogP contribution in [-0.2, 0) is 10.8 Å². The normalized spacial score (nSPS) is 16.6. The van der Waals surface area contributed by atoms with Gasteiger partial charge in [-0.2, -0.15) is 0 Å². The van der Waals surface area contributed by atoms with Crippen LogP contribution in [0.4, 0.5) is 0 Å². The molecule has 4 rings (SSSR count). The van der Waals surface area contributed by atoms with Crippen molar-refractivity contribution in [2.24, 2.45) is 0 Å². The predicted octanol–water partition coefficient (Wildman–Crippen LogP) is 7.17. The summed E-state index contributed by atoms with van der Waals surface area (Å²) in [6.07, 6.45) is 14.0. The Hall–Kier alpha value is -3.53. The monoisotopic (exact) mass is 452 g/mol. The minimum absolute atomic E-state index is 0.109. The summed E-state index contributed by atoms with van der Waals surface area (Å²) < 4.78 is 0. The molecule has 0 atom stereocenters. The SMILES string of the molecule is Cc1cc(C=Cc2cc3c(cc2C=Cc2ncccn2)C(C)(C)CCC3(C)C)ccc1C(=O)O. The van der Waals surface area contributed by atoms with E-state index >= 15 is 0 Å². The summed E-state index contributed by atoms with van der Waals surface area (Å²) in [7, 11) is 0. The Bertz CT molecular complexity index is 1280. The van der Waals surface area contributed by atoms with Gasteiger partial charge in [-0.3, -0.25) is 0 Å². The number of hydrogen-bond donors (Lipinski definition) is 1. The second kappa shape index (κ2) is 9.02. The van der Waals surface area contributed by atoms with Crippen LogP contribution in [0, 0.1) is 6.92 Å². The highest BCUT2D eigenvalue weighted by Gasteiger charge is 2.37. The van der Waals surface area contributed by atoms with Gasteiger partial charge in [0.1, 0.15) is 0 Å². The van der Waals surface area contributed by atoms with Crippen molar-refractivity contribution >= 4 is 30.3 Å². The summed E-state index contributed by atoms with van der Waals surface area (Å²) in [6.45, 7) is 11.2. The first-order valence-electron chi connectivity index (χ1n) is 11.7. The number of rotatable bonds is 5. The number of carboxylic acid groups (broad SMARTS) is 1. The highest BCUT2D eigenvalue weighted by atomic mass is 16.4. The Labute approximate surface area is 202 Å². The van der Waals surface area contributed by atoms with Gasteiger partial charge in [0.15, 0.2) is 5.82 Å². The zero-order valence-corrected chi connectivity index (χ0v) is 20.6. The lowest BCUT2D eigenvalue weighted by atomic mass is 9.62. The minimum atomic E-state index is -0.900. The molecular formula is C30H32N2O2. The molecule has 0 radical (unpaired) electrons. The summed E-state index contributed by atoms with van der Waals surface area (Å²) in [5.74, 6) is -0.224. The largest absolute Gasteiger partial charge is 0.478 e. The van der Waals surface area contributed by atoms with Crippen molar-refractivity contribution in [1.29, 1.82) is 0 Å². The van der Waals surface area contributed by atoms with Crippen LogP contribution in [0.1, 0.15) is 90.1 Å². The van der Waals surface area contributed by atoms with Gasteiger partial charge in [-0.1, -0.05) is 70.2 Å². The molecule has 1 N–H and O–H groups in total. The first-order valence-corrected chi connectivity index (χ1v) is 11.7. The van der Waals surface area contributed by atoms with Crippen LogP contribution in [0.15, 0.2) is 48.8 Å². The van der Waals surface area contributed by atoms with E-state index in [0.717, 1.165) is 35.1 Å². The maximum absolute atomic E-state index is 11.4. The fourth-order valence-corrected chi connectivity index (χ4v) is 4.71. The van der Waals surface area contributed by atoms with E-state index in [2.05, 4.69) is 68.0 Å². The second-order valence-corrected chi connectivity index (χ2v) is 10.4. The number of aromatic carboxylic acids is 1. The first-order chi connectivity index (χ1) is 16.1. The number of aryl methyl sites for hydroxylation is 1. The molecule has 34 heavy (non-hydrogen) atoms. The van der Waals surface area contributed by atoms with Crippen molar-refractivity contribution in [2.45, 2.75) is 58.3 Å². The smallest absolute Gasteiger partial charge is 0.335 e. The van der Waals surface area contributed by atoms with Crippen LogP contribution in [0.2, 0.25) is 0 Å². The van der Waals surface area contributed by atoms with Crippen LogP contribution >= 0.6 is 0 Å². The van der Waals surface area contributed by atoms with Gasteiger partial charge in [-0.05, 0) is 82.2 Å². The molecule has 1 aliphatic carbocycles. The molecule has 3 aromatic rings. The molecule has 0 amide bonds. The summed E-state index contributed by atoms with van der Waals surface area (Å²) in [5.41, 5.74) is 7.32. The maximum Gasteiger partial charge on any atom is 0.335 e. The standard InChI is InChI=1S/C30H32N2O2/c1-20-17-21(8-11-24(20)28(33)34)7-9-22-18-25-26(30(4,5)14-13-29(25,2)3)19-23(22)10-12-27-31-15-6-16-32-27/h6-12,15-19H,13-14H2,1-5H3,(H,33,34). The molecule has 2 aromatic carbocycles. The fourth-order valence-electron chi connectivity index (χ4n) is 4.71. The third-order valence-corrected chi connectivity index (χ3v) is 6.99. The average Bonchev–Trinajstić information content (AvgIpc) is 2.80. The average molecular weight is 453 g/mol. The molecule has 4 heteroatoms. The molecule has 4 nitrogen and oxygen atoms in total. The Balaban J connectivity index is 1.81. The van der Waals surface area contributed by atoms with E-state index in [0.29, 0.717) is 11.4 Å². The van der Waals surface area contributed by atoms with Gasteiger partial charge in [-0.25, -0.2) is 14.8 Å². The van der Waals surface area contributed by atoms with Gasteiger partial charge >= 0.3 is 5.97 Å². The van der Waals surface area contributed by atoms with Gasteiger partial charge in [0.25, 0.3) is 0 Å². The molecule has 0 bridgehead atoms. The molecule has 0 spiro atoms. The number of nitrogens with zero attached hydrogens (tertiary/aromatic N) is 2. The number of aromatic nitrogens is 2. The van der Waals surface area contributed by atoms with Gasteiger partial charge in [0, 0.05) is 12.4 Å². The van der Waals surface area contributed by atoms with E-state index in [1.165, 1.54) is 11.1 Å². The Morgan fingerprint density at radius 1 is 0.853 bits per heavy atom. The van der Waals surface area contributed by atoms with E-state index in [-0.39, 0.29) is 10.8 Å². The number of fused-ring (bicyclic) bond motifs is 1. The molecule has 0 unspecified atom stereocenters.